The van der Waals surface area contributed by atoms with Crippen LogP contribution in [-0.2, 0) is 9.47 Å². The smallest absolute Gasteiger partial charge is 0.321 e. The average molecular weight is 348 g/mol. The van der Waals surface area contributed by atoms with Gasteiger partial charge in [-0.3, -0.25) is 0 Å². The van der Waals surface area contributed by atoms with Gasteiger partial charge in [0, 0.05) is 19.2 Å². The first-order chi connectivity index (χ1) is 12.3. The summed E-state index contributed by atoms with van der Waals surface area (Å²) in [4.78, 5) is 14.6. The van der Waals surface area contributed by atoms with Crippen LogP contribution in [0, 0.1) is 0 Å². The highest BCUT2D eigenvalue weighted by Crippen LogP contribution is 2.28. The van der Waals surface area contributed by atoms with Crippen molar-refractivity contribution in [3.63, 3.8) is 0 Å². The van der Waals surface area contributed by atoms with Gasteiger partial charge in [-0.05, 0) is 0 Å². The van der Waals surface area contributed by atoms with Crippen molar-refractivity contribution in [3.8, 4) is 11.9 Å². The maximum absolute atomic E-state index is 6.07. The minimum absolute atomic E-state index is 0.0273. The van der Waals surface area contributed by atoms with Crippen LogP contribution >= 0.6 is 0 Å². The summed E-state index contributed by atoms with van der Waals surface area (Å²) in [5.41, 5.74) is 0. The molecule has 10 nitrogen and oxygen atoms in total. The van der Waals surface area contributed by atoms with Crippen molar-refractivity contribution >= 4 is 5.82 Å². The van der Waals surface area contributed by atoms with Gasteiger partial charge in [-0.15, -0.1) is 0 Å². The van der Waals surface area contributed by atoms with E-state index in [0.717, 1.165) is 5.82 Å². The van der Waals surface area contributed by atoms with Crippen LogP contribution < -0.4 is 14.4 Å². The summed E-state index contributed by atoms with van der Waals surface area (Å²) in [5, 5.41) is 4.17. The summed E-state index contributed by atoms with van der Waals surface area (Å²) in [6, 6.07) is 2.10. The molecule has 0 bridgehead atoms. The van der Waals surface area contributed by atoms with Crippen molar-refractivity contribution < 1.29 is 18.9 Å². The van der Waals surface area contributed by atoms with Crippen molar-refractivity contribution in [1.29, 1.82) is 0 Å². The summed E-state index contributed by atoms with van der Waals surface area (Å²) >= 11 is 0. The number of fused-ring (bicyclic) bond motifs is 1. The Kier molecular flexibility index (Phi) is 4.36. The lowest BCUT2D eigenvalue weighted by Crippen LogP contribution is -2.27. The van der Waals surface area contributed by atoms with E-state index in [1.807, 2.05) is 0 Å². The van der Waals surface area contributed by atoms with E-state index >= 15 is 0 Å². The first kappa shape index (κ1) is 16.0. The lowest BCUT2D eigenvalue weighted by atomic mass is 10.3. The molecule has 10 heteroatoms. The molecule has 4 heterocycles. The summed E-state index contributed by atoms with van der Waals surface area (Å²) in [7, 11) is 3.10. The Labute approximate surface area is 144 Å². The van der Waals surface area contributed by atoms with Gasteiger partial charge in [0.05, 0.1) is 27.4 Å². The van der Waals surface area contributed by atoms with Crippen molar-refractivity contribution in [2.24, 2.45) is 0 Å². The molecule has 2 aromatic rings. The van der Waals surface area contributed by atoms with Gasteiger partial charge in [-0.2, -0.15) is 15.1 Å². The van der Waals surface area contributed by atoms with Gasteiger partial charge in [0.2, 0.25) is 5.88 Å². The highest BCUT2D eigenvalue weighted by Gasteiger charge is 2.38. The normalized spacial score (nSPS) is 24.0. The lowest BCUT2D eigenvalue weighted by Gasteiger charge is -2.20. The van der Waals surface area contributed by atoms with E-state index in [0.29, 0.717) is 32.2 Å². The Morgan fingerprint density at radius 3 is 2.44 bits per heavy atom. The maximum atomic E-state index is 6.07. The minimum atomic E-state index is -0.0273. The van der Waals surface area contributed by atoms with Crippen LogP contribution in [0.25, 0.3) is 0 Å². The van der Waals surface area contributed by atoms with E-state index in [1.54, 1.807) is 24.2 Å². The molecule has 2 fully saturated rings. The number of aromatic nitrogens is 5. The molecule has 25 heavy (non-hydrogen) atoms. The molecule has 2 aromatic heterocycles. The lowest BCUT2D eigenvalue weighted by molar-refractivity contribution is -0.00461. The molecule has 0 amide bonds. The second-order valence-corrected chi connectivity index (χ2v) is 5.93. The van der Waals surface area contributed by atoms with E-state index in [4.69, 9.17) is 18.9 Å². The van der Waals surface area contributed by atoms with E-state index in [1.165, 1.54) is 13.4 Å². The summed E-state index contributed by atoms with van der Waals surface area (Å²) in [6.07, 6.45) is 3.15. The average Bonchev–Trinajstić information content (AvgIpc) is 3.28. The molecule has 2 atom stereocenters. The van der Waals surface area contributed by atoms with Crippen LogP contribution in [0.5, 0.6) is 11.9 Å². The fourth-order valence-electron chi connectivity index (χ4n) is 3.08. The molecular formula is C15H20N6O4. The molecule has 2 aliphatic rings. The van der Waals surface area contributed by atoms with E-state index in [-0.39, 0.29) is 24.3 Å². The third-order valence-corrected chi connectivity index (χ3v) is 4.42. The van der Waals surface area contributed by atoms with Gasteiger partial charge >= 0.3 is 6.01 Å². The standard InChI is InChI=1S/C15H20N6O4/c1-22-14-3-13(18-15(19-14)23-2)20-4-11-12(5-20)25-7-10(6-24-11)21-9-16-8-17-21/h3,8-12H,4-7H2,1-2H3/t11-,12-/m0/s1. The molecule has 2 aliphatic heterocycles. The largest absolute Gasteiger partial charge is 0.481 e. The SMILES string of the molecule is COc1cc(N2C[C@@H]3OCC(n4cncn4)CO[C@H]3C2)nc(OC)n1. The van der Waals surface area contributed by atoms with Gasteiger partial charge in [-0.25, -0.2) is 9.67 Å². The molecule has 0 radical (unpaired) electrons. The van der Waals surface area contributed by atoms with Crippen LogP contribution in [-0.4, -0.2) is 77.5 Å². The zero-order valence-electron chi connectivity index (χ0n) is 14.1. The molecule has 0 unspecified atom stereocenters. The molecule has 0 aliphatic carbocycles. The number of ether oxygens (including phenoxy) is 4. The zero-order valence-corrected chi connectivity index (χ0v) is 14.1. The third-order valence-electron chi connectivity index (χ3n) is 4.42. The second-order valence-electron chi connectivity index (χ2n) is 5.93. The Morgan fingerprint density at radius 1 is 1.08 bits per heavy atom. The van der Waals surface area contributed by atoms with Gasteiger partial charge in [-0.1, -0.05) is 0 Å². The molecule has 134 valence electrons. The first-order valence-electron chi connectivity index (χ1n) is 8.06. The highest BCUT2D eigenvalue weighted by molar-refractivity contribution is 5.44. The number of hydrogen-bond donors (Lipinski definition) is 0. The Morgan fingerprint density at radius 2 is 1.84 bits per heavy atom. The van der Waals surface area contributed by atoms with Crippen LogP contribution in [0.15, 0.2) is 18.7 Å². The van der Waals surface area contributed by atoms with Crippen LogP contribution in [0.1, 0.15) is 6.04 Å². The molecular weight excluding hydrogens is 328 g/mol. The zero-order chi connectivity index (χ0) is 17.2. The number of rotatable bonds is 4. The second kappa shape index (κ2) is 6.81. The molecule has 0 aromatic carbocycles. The quantitative estimate of drug-likeness (QED) is 0.752. The summed E-state index contributed by atoms with van der Waals surface area (Å²) in [5.74, 6) is 1.19. The molecule has 2 saturated heterocycles. The number of hydrogen-bond acceptors (Lipinski definition) is 9. The van der Waals surface area contributed by atoms with Crippen LogP contribution in [0.2, 0.25) is 0 Å². The maximum Gasteiger partial charge on any atom is 0.321 e. The molecule has 4 rings (SSSR count). The number of nitrogens with zero attached hydrogens (tertiary/aromatic N) is 6. The molecule has 0 N–H and O–H groups in total. The summed E-state index contributed by atoms with van der Waals surface area (Å²) < 4.78 is 24.3. The van der Waals surface area contributed by atoms with Crippen LogP contribution in [0.3, 0.4) is 0 Å². The molecule has 0 spiro atoms. The first-order valence-corrected chi connectivity index (χ1v) is 8.06. The predicted octanol–water partition coefficient (Wildman–Crippen LogP) is -0.0694. The fourth-order valence-corrected chi connectivity index (χ4v) is 3.08. The van der Waals surface area contributed by atoms with E-state index in [9.17, 15) is 0 Å². The van der Waals surface area contributed by atoms with Crippen molar-refractivity contribution in [2.75, 3.05) is 45.4 Å². The Bertz CT molecular complexity index is 674. The van der Waals surface area contributed by atoms with Gasteiger partial charge in [0.25, 0.3) is 0 Å². The summed E-state index contributed by atoms with van der Waals surface area (Å²) in [6.45, 7) is 2.43. The monoisotopic (exact) mass is 348 g/mol. The van der Waals surface area contributed by atoms with Gasteiger partial charge < -0.3 is 23.8 Å². The Balaban J connectivity index is 1.46. The molecule has 0 saturated carbocycles. The number of anilines is 1. The predicted molar refractivity (Wildman–Crippen MR) is 85.9 cm³/mol. The van der Waals surface area contributed by atoms with E-state index in [2.05, 4.69) is 25.0 Å². The highest BCUT2D eigenvalue weighted by atomic mass is 16.6. The minimum Gasteiger partial charge on any atom is -0.481 e. The third kappa shape index (κ3) is 3.22. The van der Waals surface area contributed by atoms with E-state index < -0.39 is 0 Å². The van der Waals surface area contributed by atoms with Crippen molar-refractivity contribution in [2.45, 2.75) is 18.2 Å². The number of methoxy groups -OCH3 is 2. The van der Waals surface area contributed by atoms with Crippen molar-refractivity contribution in [3.05, 3.63) is 18.7 Å². The van der Waals surface area contributed by atoms with Gasteiger partial charge in [0.1, 0.15) is 36.7 Å². The van der Waals surface area contributed by atoms with Crippen LogP contribution in [0.4, 0.5) is 5.82 Å². The Hall–Kier alpha value is -2.46. The topological polar surface area (TPSA) is 96.7 Å². The van der Waals surface area contributed by atoms with Gasteiger partial charge in [0.15, 0.2) is 0 Å². The van der Waals surface area contributed by atoms with Crippen molar-refractivity contribution in [1.82, 2.24) is 24.7 Å². The fraction of sp³-hybridized carbons (Fsp3) is 0.600.